The molecule has 0 aliphatic heterocycles. The Morgan fingerprint density at radius 2 is 1.62 bits per heavy atom. The van der Waals surface area contributed by atoms with Crippen molar-refractivity contribution in [1.82, 2.24) is 20.3 Å². The lowest BCUT2D eigenvalue weighted by atomic mass is 10.0. The lowest BCUT2D eigenvalue weighted by molar-refractivity contribution is 0.667. The molecule has 3 N–H and O–H groups in total. The summed E-state index contributed by atoms with van der Waals surface area (Å²) in [5.74, 6) is 1.08. The molecule has 8 nitrogen and oxygen atoms in total. The number of benzene rings is 2. The van der Waals surface area contributed by atoms with Gasteiger partial charge in [0.25, 0.3) is 0 Å². The van der Waals surface area contributed by atoms with Crippen LogP contribution in [0.3, 0.4) is 0 Å². The fourth-order valence-electron chi connectivity index (χ4n) is 3.84. The highest BCUT2D eigenvalue weighted by Gasteiger charge is 2.10. The van der Waals surface area contributed by atoms with Crippen molar-refractivity contribution in [2.75, 3.05) is 10.6 Å². The zero-order chi connectivity index (χ0) is 26.0. The fraction of sp³-hybridized carbons (Fsp3) is 0.138. The Balaban J connectivity index is 1.60. The topological polar surface area (TPSA) is 122 Å². The highest BCUT2D eigenvalue weighted by molar-refractivity contribution is 5.69. The minimum atomic E-state index is 0.438. The van der Waals surface area contributed by atoms with Crippen LogP contribution in [0.1, 0.15) is 33.6 Å². The van der Waals surface area contributed by atoms with Gasteiger partial charge in [-0.05, 0) is 85.1 Å². The minimum absolute atomic E-state index is 0.438. The molecule has 0 radical (unpaired) electrons. The molecule has 2 heterocycles. The molecule has 0 spiro atoms. The number of nitriles is 2. The van der Waals surface area contributed by atoms with Crippen LogP contribution >= 0.6 is 0 Å². The molecule has 0 atom stereocenters. The molecule has 0 unspecified atom stereocenters. The summed E-state index contributed by atoms with van der Waals surface area (Å²) in [6.45, 7) is 5.17. The van der Waals surface area contributed by atoms with Crippen molar-refractivity contribution in [3.8, 4) is 12.1 Å². The summed E-state index contributed by atoms with van der Waals surface area (Å²) in [5.41, 5.74) is 7.10. The third-order valence-corrected chi connectivity index (χ3v) is 5.55. The SMILES string of the molecule is Cc1cc(/C=C/C#N)cc(C)c1Nc1cc(CNCc2ccccn2)nc(Nc2ccc(C#N)cc2)n1. The van der Waals surface area contributed by atoms with E-state index in [2.05, 4.69) is 32.0 Å². The summed E-state index contributed by atoms with van der Waals surface area (Å²) < 4.78 is 0. The second kappa shape index (κ2) is 12.1. The van der Waals surface area contributed by atoms with Gasteiger partial charge in [-0.25, -0.2) is 4.98 Å². The number of hydrogen-bond acceptors (Lipinski definition) is 8. The molecular formula is C29H26N8. The van der Waals surface area contributed by atoms with Gasteiger partial charge >= 0.3 is 0 Å². The van der Waals surface area contributed by atoms with Crippen LogP contribution in [0.4, 0.5) is 23.1 Å². The average Bonchev–Trinajstić information content (AvgIpc) is 2.90. The highest BCUT2D eigenvalue weighted by Crippen LogP contribution is 2.27. The molecule has 0 saturated heterocycles. The zero-order valence-electron chi connectivity index (χ0n) is 20.7. The van der Waals surface area contributed by atoms with Crippen LogP contribution in [0.25, 0.3) is 6.08 Å². The van der Waals surface area contributed by atoms with Gasteiger partial charge < -0.3 is 16.0 Å². The number of nitrogens with zero attached hydrogens (tertiary/aromatic N) is 5. The van der Waals surface area contributed by atoms with Crippen molar-refractivity contribution in [3.05, 3.63) is 107 Å². The van der Waals surface area contributed by atoms with Gasteiger partial charge in [-0.3, -0.25) is 4.98 Å². The van der Waals surface area contributed by atoms with E-state index in [-0.39, 0.29) is 0 Å². The van der Waals surface area contributed by atoms with Gasteiger partial charge in [-0.1, -0.05) is 6.07 Å². The number of hydrogen-bond donors (Lipinski definition) is 3. The number of aromatic nitrogens is 3. The fourth-order valence-corrected chi connectivity index (χ4v) is 3.84. The molecule has 0 aliphatic carbocycles. The maximum absolute atomic E-state index is 9.07. The highest BCUT2D eigenvalue weighted by atomic mass is 15.2. The van der Waals surface area contributed by atoms with Crippen LogP contribution in [0.2, 0.25) is 0 Å². The molecule has 0 bridgehead atoms. The van der Waals surface area contributed by atoms with Crippen LogP contribution < -0.4 is 16.0 Å². The Morgan fingerprint density at radius 1 is 0.865 bits per heavy atom. The van der Waals surface area contributed by atoms with E-state index >= 15 is 0 Å². The molecule has 2 aromatic carbocycles. The van der Waals surface area contributed by atoms with Gasteiger partial charge in [0.2, 0.25) is 5.95 Å². The Labute approximate surface area is 216 Å². The van der Waals surface area contributed by atoms with E-state index in [9.17, 15) is 0 Å². The quantitative estimate of drug-likeness (QED) is 0.259. The van der Waals surface area contributed by atoms with E-state index < -0.39 is 0 Å². The molecule has 8 heteroatoms. The Kier molecular flexibility index (Phi) is 8.18. The maximum atomic E-state index is 9.07. The summed E-state index contributed by atoms with van der Waals surface area (Å²) in [5, 5.41) is 28.0. The number of nitrogens with one attached hydrogen (secondary N) is 3. The molecule has 2 aromatic heterocycles. The third kappa shape index (κ3) is 6.98. The predicted molar refractivity (Wildman–Crippen MR) is 145 cm³/mol. The molecule has 37 heavy (non-hydrogen) atoms. The average molecular weight is 487 g/mol. The van der Waals surface area contributed by atoms with E-state index in [1.54, 1.807) is 24.4 Å². The van der Waals surface area contributed by atoms with E-state index in [1.165, 1.54) is 6.08 Å². The first-order valence-electron chi connectivity index (χ1n) is 11.7. The first-order chi connectivity index (χ1) is 18.0. The molecule has 0 aliphatic rings. The van der Waals surface area contributed by atoms with Gasteiger partial charge in [0.05, 0.1) is 29.1 Å². The van der Waals surface area contributed by atoms with Gasteiger partial charge in [0, 0.05) is 42.8 Å². The van der Waals surface area contributed by atoms with Gasteiger partial charge in [-0.2, -0.15) is 15.5 Å². The van der Waals surface area contributed by atoms with Crippen molar-refractivity contribution in [2.45, 2.75) is 26.9 Å². The molecule has 0 fully saturated rings. The molecule has 182 valence electrons. The summed E-state index contributed by atoms with van der Waals surface area (Å²) in [4.78, 5) is 13.7. The van der Waals surface area contributed by atoms with Crippen LogP contribution in [0.5, 0.6) is 0 Å². The number of pyridine rings is 1. The Morgan fingerprint density at radius 3 is 2.30 bits per heavy atom. The van der Waals surface area contributed by atoms with Crippen LogP contribution in [-0.4, -0.2) is 15.0 Å². The molecular weight excluding hydrogens is 460 g/mol. The van der Waals surface area contributed by atoms with Crippen LogP contribution in [0, 0.1) is 36.5 Å². The molecule has 4 rings (SSSR count). The summed E-state index contributed by atoms with van der Waals surface area (Å²) >= 11 is 0. The van der Waals surface area contributed by atoms with Crippen LogP contribution in [-0.2, 0) is 13.1 Å². The standard InChI is InChI=1S/C29H26N8/c1-20-14-23(6-5-12-30)15-21(2)28(20)36-27-16-26(19-32-18-25-7-3-4-13-33-25)35-29(37-27)34-24-10-8-22(17-31)9-11-24/h3-11,13-16,32H,18-19H2,1-2H3,(H2,34,35,36,37)/b6-5+. The monoisotopic (exact) mass is 486 g/mol. The Bertz CT molecular complexity index is 1460. The summed E-state index contributed by atoms with van der Waals surface area (Å²) in [7, 11) is 0. The maximum Gasteiger partial charge on any atom is 0.229 e. The second-order valence-corrected chi connectivity index (χ2v) is 8.42. The number of aryl methyl sites for hydroxylation is 2. The third-order valence-electron chi connectivity index (χ3n) is 5.55. The first kappa shape index (κ1) is 25.1. The first-order valence-corrected chi connectivity index (χ1v) is 11.7. The van der Waals surface area contributed by atoms with Crippen molar-refractivity contribution in [2.24, 2.45) is 0 Å². The van der Waals surface area contributed by atoms with E-state index in [1.807, 2.05) is 68.4 Å². The normalized spacial score (nSPS) is 10.6. The molecule has 4 aromatic rings. The van der Waals surface area contributed by atoms with Gasteiger partial charge in [-0.15, -0.1) is 0 Å². The Hall–Kier alpha value is -5.05. The van der Waals surface area contributed by atoms with Gasteiger partial charge in [0.1, 0.15) is 5.82 Å². The number of rotatable bonds is 9. The zero-order valence-corrected chi connectivity index (χ0v) is 20.7. The smallest absolute Gasteiger partial charge is 0.229 e. The van der Waals surface area contributed by atoms with Crippen LogP contribution in [0.15, 0.2) is 72.9 Å². The minimum Gasteiger partial charge on any atom is -0.340 e. The van der Waals surface area contributed by atoms with Crippen molar-refractivity contribution >= 4 is 29.2 Å². The number of allylic oxidation sites excluding steroid dienone is 1. The number of anilines is 4. The van der Waals surface area contributed by atoms with E-state index in [0.717, 1.165) is 39.5 Å². The van der Waals surface area contributed by atoms with E-state index in [0.29, 0.717) is 30.4 Å². The van der Waals surface area contributed by atoms with Crippen molar-refractivity contribution in [1.29, 1.82) is 10.5 Å². The van der Waals surface area contributed by atoms with Crippen molar-refractivity contribution in [3.63, 3.8) is 0 Å². The lowest BCUT2D eigenvalue weighted by Crippen LogP contribution is -2.15. The summed E-state index contributed by atoms with van der Waals surface area (Å²) in [6.07, 6.45) is 5.03. The largest absolute Gasteiger partial charge is 0.340 e. The van der Waals surface area contributed by atoms with E-state index in [4.69, 9.17) is 15.5 Å². The van der Waals surface area contributed by atoms with Gasteiger partial charge in [0.15, 0.2) is 0 Å². The second-order valence-electron chi connectivity index (χ2n) is 8.42. The lowest BCUT2D eigenvalue weighted by Gasteiger charge is -2.16. The molecule has 0 saturated carbocycles. The van der Waals surface area contributed by atoms with Crippen molar-refractivity contribution < 1.29 is 0 Å². The summed E-state index contributed by atoms with van der Waals surface area (Å²) in [6, 6.07) is 23.1. The predicted octanol–water partition coefficient (Wildman–Crippen LogP) is 5.67. The molecule has 0 amide bonds.